The zero-order valence-electron chi connectivity index (χ0n) is 17.8. The molecule has 1 unspecified atom stereocenters. The number of hydrogen-bond donors (Lipinski definition) is 1. The van der Waals surface area contributed by atoms with E-state index in [0.717, 1.165) is 0 Å². The summed E-state index contributed by atoms with van der Waals surface area (Å²) in [5.74, 6) is 1.62. The summed E-state index contributed by atoms with van der Waals surface area (Å²) in [6.07, 6.45) is 3.20. The van der Waals surface area contributed by atoms with Crippen LogP contribution in [0.5, 0.6) is 0 Å². The summed E-state index contributed by atoms with van der Waals surface area (Å²) < 4.78 is 29.0. The molecule has 8 nitrogen and oxygen atoms in total. The van der Waals surface area contributed by atoms with E-state index in [0.29, 0.717) is 51.7 Å². The molecule has 3 aromatic rings. The molecule has 1 amide bonds. The summed E-state index contributed by atoms with van der Waals surface area (Å²) in [4.78, 5) is 23.3. The fourth-order valence-electron chi connectivity index (χ4n) is 3.56. The van der Waals surface area contributed by atoms with Crippen molar-refractivity contribution in [2.75, 3.05) is 29.5 Å². The number of nitrogens with zero attached hydrogens (tertiary/aromatic N) is 3. The number of benzene rings is 1. The van der Waals surface area contributed by atoms with E-state index >= 15 is 0 Å². The van der Waals surface area contributed by atoms with Crippen molar-refractivity contribution >= 4 is 44.9 Å². The number of carbonyl (C=O) groups excluding carboxylic acids is 1. The van der Waals surface area contributed by atoms with Crippen LogP contribution in [0.25, 0.3) is 0 Å². The Bertz CT molecular complexity index is 1250. The van der Waals surface area contributed by atoms with Crippen LogP contribution in [0.15, 0.2) is 47.1 Å². The number of nitrogens with one attached hydrogen (secondary N) is 1. The molecule has 174 valence electrons. The molecule has 0 spiro atoms. The molecule has 33 heavy (non-hydrogen) atoms. The molecule has 1 saturated heterocycles. The Morgan fingerprint density at radius 1 is 1.15 bits per heavy atom. The van der Waals surface area contributed by atoms with Crippen LogP contribution < -0.4 is 10.2 Å². The van der Waals surface area contributed by atoms with Crippen LogP contribution in [-0.4, -0.2) is 48.9 Å². The van der Waals surface area contributed by atoms with Crippen molar-refractivity contribution in [2.45, 2.75) is 19.4 Å². The number of rotatable bonds is 6. The number of amides is 1. The molecule has 0 saturated carbocycles. The highest BCUT2D eigenvalue weighted by Crippen LogP contribution is 2.31. The van der Waals surface area contributed by atoms with Crippen molar-refractivity contribution < 1.29 is 17.6 Å². The fourth-order valence-corrected chi connectivity index (χ4v) is 5.28. The maximum Gasteiger partial charge on any atom is 0.225 e. The van der Waals surface area contributed by atoms with Crippen LogP contribution in [0.4, 0.5) is 5.95 Å². The first-order valence-corrected chi connectivity index (χ1v) is 12.8. The van der Waals surface area contributed by atoms with Crippen molar-refractivity contribution in [2.24, 2.45) is 0 Å². The van der Waals surface area contributed by atoms with Crippen LogP contribution >= 0.6 is 23.2 Å². The molecule has 0 bridgehead atoms. The number of anilines is 1. The van der Waals surface area contributed by atoms with Crippen molar-refractivity contribution in [1.29, 1.82) is 0 Å². The van der Waals surface area contributed by atoms with Gasteiger partial charge in [0.2, 0.25) is 11.9 Å². The molecule has 0 aliphatic carbocycles. The summed E-state index contributed by atoms with van der Waals surface area (Å²) in [6.45, 7) is 2.53. The Morgan fingerprint density at radius 2 is 1.85 bits per heavy atom. The van der Waals surface area contributed by atoms with Crippen LogP contribution in [-0.2, 0) is 21.1 Å². The lowest BCUT2D eigenvalue weighted by molar-refractivity contribution is -0.121. The van der Waals surface area contributed by atoms with Gasteiger partial charge in [-0.05, 0) is 36.8 Å². The third kappa shape index (κ3) is 5.85. The fraction of sp³-hybridized carbons (Fsp3) is 0.318. The lowest BCUT2D eigenvalue weighted by atomic mass is 10.0. The van der Waals surface area contributed by atoms with Crippen LogP contribution in [0.3, 0.4) is 0 Å². The van der Waals surface area contributed by atoms with Gasteiger partial charge in [-0.25, -0.2) is 18.4 Å². The summed E-state index contributed by atoms with van der Waals surface area (Å²) in [5, 5.41) is 3.87. The Hall–Kier alpha value is -2.62. The van der Waals surface area contributed by atoms with Gasteiger partial charge in [-0.3, -0.25) is 4.79 Å². The highest BCUT2D eigenvalue weighted by atomic mass is 35.5. The van der Waals surface area contributed by atoms with E-state index in [-0.39, 0.29) is 23.8 Å². The predicted octanol–water partition coefficient (Wildman–Crippen LogP) is 3.37. The third-order valence-corrected chi connectivity index (χ3v) is 7.48. The molecule has 11 heteroatoms. The van der Waals surface area contributed by atoms with Gasteiger partial charge in [0, 0.05) is 41.1 Å². The average Bonchev–Trinajstić information content (AvgIpc) is 3.19. The number of aryl methyl sites for hydroxylation is 1. The van der Waals surface area contributed by atoms with Gasteiger partial charge in [-0.1, -0.05) is 29.3 Å². The van der Waals surface area contributed by atoms with Crippen LogP contribution in [0.1, 0.15) is 28.7 Å². The summed E-state index contributed by atoms with van der Waals surface area (Å²) in [7, 11) is -2.98. The second-order valence-corrected chi connectivity index (χ2v) is 11.0. The van der Waals surface area contributed by atoms with Gasteiger partial charge in [0.25, 0.3) is 0 Å². The molecular formula is C22H22Cl2N4O4S. The average molecular weight is 509 g/mol. The first kappa shape index (κ1) is 23.5. The maximum absolute atomic E-state index is 12.9. The smallest absolute Gasteiger partial charge is 0.225 e. The van der Waals surface area contributed by atoms with Crippen molar-refractivity contribution in [1.82, 2.24) is 15.3 Å². The lowest BCUT2D eigenvalue weighted by Crippen LogP contribution is -2.41. The first-order chi connectivity index (χ1) is 15.7. The Labute approximate surface area is 201 Å². The third-order valence-electron chi connectivity index (χ3n) is 5.31. The number of sulfone groups is 1. The van der Waals surface area contributed by atoms with Crippen molar-refractivity contribution in [3.8, 4) is 0 Å². The van der Waals surface area contributed by atoms with Gasteiger partial charge in [-0.2, -0.15) is 0 Å². The van der Waals surface area contributed by atoms with Crippen molar-refractivity contribution in [3.63, 3.8) is 0 Å². The molecule has 3 heterocycles. The van der Waals surface area contributed by atoms with E-state index in [2.05, 4.69) is 15.3 Å². The van der Waals surface area contributed by atoms with E-state index in [1.807, 2.05) is 17.9 Å². The molecule has 1 N–H and O–H groups in total. The number of hydrogen-bond acceptors (Lipinski definition) is 7. The predicted molar refractivity (Wildman–Crippen MR) is 126 cm³/mol. The van der Waals surface area contributed by atoms with E-state index in [9.17, 15) is 13.2 Å². The zero-order chi connectivity index (χ0) is 23.6. The minimum atomic E-state index is -2.98. The van der Waals surface area contributed by atoms with Crippen molar-refractivity contribution in [3.05, 3.63) is 75.4 Å². The molecule has 1 fully saturated rings. The highest BCUT2D eigenvalue weighted by molar-refractivity contribution is 7.91. The Morgan fingerprint density at radius 3 is 2.45 bits per heavy atom. The summed E-state index contributed by atoms with van der Waals surface area (Å²) in [5.41, 5.74) is 1.29. The molecular weight excluding hydrogens is 487 g/mol. The van der Waals surface area contributed by atoms with Gasteiger partial charge in [-0.15, -0.1) is 0 Å². The molecule has 1 atom stereocenters. The number of halogens is 2. The molecule has 1 aliphatic heterocycles. The summed E-state index contributed by atoms with van der Waals surface area (Å²) >= 11 is 12.4. The normalized spacial score (nSPS) is 16.4. The van der Waals surface area contributed by atoms with E-state index in [1.165, 1.54) is 0 Å². The molecule has 4 rings (SSSR count). The first-order valence-electron chi connectivity index (χ1n) is 10.3. The largest absolute Gasteiger partial charge is 0.464 e. The zero-order valence-corrected chi connectivity index (χ0v) is 20.1. The van der Waals surface area contributed by atoms with Gasteiger partial charge >= 0.3 is 0 Å². The minimum absolute atomic E-state index is 0.0516. The van der Waals surface area contributed by atoms with E-state index in [4.69, 9.17) is 27.6 Å². The monoisotopic (exact) mass is 508 g/mol. The van der Waals surface area contributed by atoms with E-state index in [1.54, 1.807) is 36.7 Å². The SMILES string of the molecule is Cc1ccc(C(NC(=O)Cc2cnc(N3CCS(=O)(=O)CC3)nc2)c2ccc(Cl)cc2Cl)o1. The second-order valence-electron chi connectivity index (χ2n) is 7.82. The Kier molecular flexibility index (Phi) is 6.92. The topological polar surface area (TPSA) is 105 Å². The molecule has 1 aliphatic rings. The Balaban J connectivity index is 1.46. The maximum atomic E-state index is 12.9. The number of furan rings is 1. The molecule has 1 aromatic carbocycles. The van der Waals surface area contributed by atoms with Gasteiger partial charge < -0.3 is 14.6 Å². The highest BCUT2D eigenvalue weighted by Gasteiger charge is 2.24. The molecule has 2 aromatic heterocycles. The lowest BCUT2D eigenvalue weighted by Gasteiger charge is -2.26. The van der Waals surface area contributed by atoms with Gasteiger partial charge in [0.1, 0.15) is 17.6 Å². The van der Waals surface area contributed by atoms with Gasteiger partial charge in [0.05, 0.1) is 17.9 Å². The number of carbonyl (C=O) groups is 1. The van der Waals surface area contributed by atoms with Crippen LogP contribution in [0.2, 0.25) is 10.0 Å². The second kappa shape index (κ2) is 9.70. The standard InChI is InChI=1S/C22H22Cl2N4O4S/c1-14-2-5-19(32-14)21(17-4-3-16(23)11-18(17)24)27-20(29)10-15-12-25-22(26-13-15)28-6-8-33(30,31)9-7-28/h2-5,11-13,21H,6-10H2,1H3,(H,27,29). The minimum Gasteiger partial charge on any atom is -0.464 e. The van der Waals surface area contributed by atoms with E-state index < -0.39 is 15.9 Å². The summed E-state index contributed by atoms with van der Waals surface area (Å²) in [6, 6.07) is 8.09. The van der Waals surface area contributed by atoms with Crippen LogP contribution in [0, 0.1) is 6.92 Å². The quantitative estimate of drug-likeness (QED) is 0.543. The van der Waals surface area contributed by atoms with Gasteiger partial charge in [0.15, 0.2) is 9.84 Å². The number of aromatic nitrogens is 2. The molecule has 0 radical (unpaired) electrons.